The molecule has 6 heteroatoms. The van der Waals surface area contributed by atoms with E-state index in [1.807, 2.05) is 24.3 Å². The lowest BCUT2D eigenvalue weighted by molar-refractivity contribution is -0.134. The Hall–Kier alpha value is -2.99. The van der Waals surface area contributed by atoms with Crippen LogP contribution in [0.4, 0.5) is 5.69 Å². The number of benzene rings is 2. The number of nitrogens with one attached hydrogen (secondary N) is 1. The first-order chi connectivity index (χ1) is 13.1. The summed E-state index contributed by atoms with van der Waals surface area (Å²) in [7, 11) is 0. The first-order valence-electron chi connectivity index (χ1n) is 8.37. The van der Waals surface area contributed by atoms with Gasteiger partial charge in [-0.3, -0.25) is 14.6 Å². The van der Waals surface area contributed by atoms with Gasteiger partial charge in [0.05, 0.1) is 5.56 Å². The lowest BCUT2D eigenvalue weighted by Gasteiger charge is -2.08. The predicted octanol–water partition coefficient (Wildman–Crippen LogP) is 4.63. The first-order valence-corrected chi connectivity index (χ1v) is 9.16. The molecule has 136 valence electrons. The van der Waals surface area contributed by atoms with Gasteiger partial charge in [-0.25, -0.2) is 0 Å². The van der Waals surface area contributed by atoms with Crippen molar-refractivity contribution in [1.82, 2.24) is 4.98 Å². The SMILES string of the molecule is O=C(CCc1ccncc1)Oc1ccc(NC(=O)c2ccccc2Br)cc1. The Bertz CT molecular complexity index is 928. The quantitative estimate of drug-likeness (QED) is 0.462. The van der Waals surface area contributed by atoms with Crippen molar-refractivity contribution in [2.45, 2.75) is 12.8 Å². The summed E-state index contributed by atoms with van der Waals surface area (Å²) in [5.74, 6) is -0.0880. The number of aromatic nitrogens is 1. The molecule has 27 heavy (non-hydrogen) atoms. The van der Waals surface area contributed by atoms with Crippen LogP contribution in [0, 0.1) is 0 Å². The van der Waals surface area contributed by atoms with E-state index in [2.05, 4.69) is 26.2 Å². The van der Waals surface area contributed by atoms with E-state index in [1.165, 1.54) is 0 Å². The summed E-state index contributed by atoms with van der Waals surface area (Å²) in [5, 5.41) is 2.81. The molecule has 0 aliphatic heterocycles. The number of ether oxygens (including phenoxy) is 1. The molecule has 0 spiro atoms. The second-order valence-electron chi connectivity index (χ2n) is 5.79. The minimum Gasteiger partial charge on any atom is -0.427 e. The maximum absolute atomic E-state index is 12.3. The lowest BCUT2D eigenvalue weighted by Crippen LogP contribution is -2.12. The highest BCUT2D eigenvalue weighted by Crippen LogP contribution is 2.20. The number of halogens is 1. The van der Waals surface area contributed by atoms with Crippen LogP contribution in [-0.2, 0) is 11.2 Å². The molecule has 1 amide bonds. The topological polar surface area (TPSA) is 68.3 Å². The number of rotatable bonds is 6. The molecule has 0 radical (unpaired) electrons. The van der Waals surface area contributed by atoms with Crippen LogP contribution in [0.25, 0.3) is 0 Å². The van der Waals surface area contributed by atoms with Gasteiger partial charge in [-0.05, 0) is 76.4 Å². The van der Waals surface area contributed by atoms with E-state index in [-0.39, 0.29) is 18.3 Å². The minimum absolute atomic E-state index is 0.218. The van der Waals surface area contributed by atoms with Crippen molar-refractivity contribution in [1.29, 1.82) is 0 Å². The molecule has 0 atom stereocenters. The van der Waals surface area contributed by atoms with Crippen molar-refractivity contribution in [3.05, 3.63) is 88.7 Å². The number of nitrogens with zero attached hydrogens (tertiary/aromatic N) is 1. The van der Waals surface area contributed by atoms with Gasteiger partial charge in [0.1, 0.15) is 5.75 Å². The number of amides is 1. The number of esters is 1. The van der Waals surface area contributed by atoms with Gasteiger partial charge in [0, 0.05) is 29.0 Å². The highest BCUT2D eigenvalue weighted by Gasteiger charge is 2.10. The van der Waals surface area contributed by atoms with Gasteiger partial charge in [0.15, 0.2) is 0 Å². The molecule has 0 saturated carbocycles. The van der Waals surface area contributed by atoms with Crippen LogP contribution in [0.1, 0.15) is 22.3 Å². The molecule has 1 aromatic heterocycles. The Morgan fingerprint density at radius 3 is 2.37 bits per heavy atom. The number of hydrogen-bond acceptors (Lipinski definition) is 4. The molecule has 0 saturated heterocycles. The molecular formula is C21H17BrN2O3. The third-order valence-electron chi connectivity index (χ3n) is 3.83. The Balaban J connectivity index is 1.53. The molecular weight excluding hydrogens is 408 g/mol. The van der Waals surface area contributed by atoms with Crippen LogP contribution in [0.3, 0.4) is 0 Å². The van der Waals surface area contributed by atoms with Crippen LogP contribution in [0.5, 0.6) is 5.75 Å². The fraction of sp³-hybridized carbons (Fsp3) is 0.0952. The fourth-order valence-corrected chi connectivity index (χ4v) is 2.89. The molecule has 5 nitrogen and oxygen atoms in total. The van der Waals surface area contributed by atoms with Gasteiger partial charge in [0.2, 0.25) is 0 Å². The molecule has 1 heterocycles. The second-order valence-corrected chi connectivity index (χ2v) is 6.64. The normalized spacial score (nSPS) is 10.3. The van der Waals surface area contributed by atoms with Crippen molar-refractivity contribution >= 4 is 33.5 Å². The second kappa shape index (κ2) is 9.09. The van der Waals surface area contributed by atoms with Gasteiger partial charge in [-0.1, -0.05) is 12.1 Å². The van der Waals surface area contributed by atoms with Crippen LogP contribution in [0.2, 0.25) is 0 Å². The summed E-state index contributed by atoms with van der Waals surface area (Å²) in [5.41, 5.74) is 2.20. The average Bonchev–Trinajstić information content (AvgIpc) is 2.69. The molecule has 0 bridgehead atoms. The van der Waals surface area contributed by atoms with Crippen molar-refractivity contribution < 1.29 is 14.3 Å². The maximum Gasteiger partial charge on any atom is 0.311 e. The Labute approximate surface area is 165 Å². The van der Waals surface area contributed by atoms with E-state index in [0.717, 1.165) is 10.0 Å². The molecule has 3 aromatic rings. The van der Waals surface area contributed by atoms with Crippen molar-refractivity contribution in [2.75, 3.05) is 5.32 Å². The number of pyridine rings is 1. The molecule has 0 fully saturated rings. The van der Waals surface area contributed by atoms with Crippen LogP contribution >= 0.6 is 15.9 Å². The van der Waals surface area contributed by atoms with Gasteiger partial charge in [-0.2, -0.15) is 0 Å². The predicted molar refractivity (Wildman–Crippen MR) is 107 cm³/mol. The number of aryl methyl sites for hydroxylation is 1. The highest BCUT2D eigenvalue weighted by atomic mass is 79.9. The molecule has 3 rings (SSSR count). The fourth-order valence-electron chi connectivity index (χ4n) is 2.43. The van der Waals surface area contributed by atoms with Crippen molar-refractivity contribution in [3.8, 4) is 5.75 Å². The Kier molecular flexibility index (Phi) is 6.33. The van der Waals surface area contributed by atoms with Crippen LogP contribution in [-0.4, -0.2) is 16.9 Å². The summed E-state index contributed by atoms with van der Waals surface area (Å²) in [6, 6.07) is 17.6. The van der Waals surface area contributed by atoms with E-state index in [9.17, 15) is 9.59 Å². The summed E-state index contributed by atoms with van der Waals surface area (Å²) in [6.45, 7) is 0. The van der Waals surface area contributed by atoms with Crippen LogP contribution in [0.15, 0.2) is 77.5 Å². The number of hydrogen-bond donors (Lipinski definition) is 1. The minimum atomic E-state index is -0.309. The zero-order valence-electron chi connectivity index (χ0n) is 14.4. The van der Waals surface area contributed by atoms with Crippen molar-refractivity contribution in [2.24, 2.45) is 0 Å². The Morgan fingerprint density at radius 1 is 0.963 bits per heavy atom. The third kappa shape index (κ3) is 5.49. The smallest absolute Gasteiger partial charge is 0.311 e. The van der Waals surface area contributed by atoms with Gasteiger partial charge < -0.3 is 10.1 Å². The summed E-state index contributed by atoms with van der Waals surface area (Å²) < 4.78 is 6.05. The summed E-state index contributed by atoms with van der Waals surface area (Å²) >= 11 is 3.36. The molecule has 0 aliphatic rings. The van der Waals surface area contributed by atoms with E-state index in [1.54, 1.807) is 48.8 Å². The van der Waals surface area contributed by atoms with E-state index >= 15 is 0 Å². The standard InChI is InChI=1S/C21H17BrN2O3/c22-19-4-2-1-3-18(19)21(26)24-16-6-8-17(9-7-16)27-20(25)10-5-15-11-13-23-14-12-15/h1-4,6-9,11-14H,5,10H2,(H,24,26). The third-order valence-corrected chi connectivity index (χ3v) is 4.52. The summed E-state index contributed by atoms with van der Waals surface area (Å²) in [6.07, 6.45) is 4.27. The first kappa shape index (κ1) is 18.8. The zero-order chi connectivity index (χ0) is 19.1. The van der Waals surface area contributed by atoms with Gasteiger partial charge in [0.25, 0.3) is 5.91 Å². The monoisotopic (exact) mass is 424 g/mol. The molecule has 1 N–H and O–H groups in total. The van der Waals surface area contributed by atoms with E-state index in [4.69, 9.17) is 4.74 Å². The summed E-state index contributed by atoms with van der Waals surface area (Å²) in [4.78, 5) is 28.2. The number of anilines is 1. The maximum atomic E-state index is 12.3. The van der Waals surface area contributed by atoms with E-state index < -0.39 is 0 Å². The molecule has 0 aliphatic carbocycles. The largest absolute Gasteiger partial charge is 0.427 e. The van der Waals surface area contributed by atoms with Gasteiger partial charge >= 0.3 is 5.97 Å². The average molecular weight is 425 g/mol. The lowest BCUT2D eigenvalue weighted by atomic mass is 10.1. The van der Waals surface area contributed by atoms with E-state index in [0.29, 0.717) is 23.4 Å². The van der Waals surface area contributed by atoms with Crippen LogP contribution < -0.4 is 10.1 Å². The number of carbonyl (C=O) groups excluding carboxylic acids is 2. The molecule has 0 unspecified atom stereocenters. The highest BCUT2D eigenvalue weighted by molar-refractivity contribution is 9.10. The Morgan fingerprint density at radius 2 is 1.67 bits per heavy atom. The van der Waals surface area contributed by atoms with Crippen molar-refractivity contribution in [3.63, 3.8) is 0 Å². The zero-order valence-corrected chi connectivity index (χ0v) is 16.0. The molecule has 2 aromatic carbocycles. The number of carbonyl (C=O) groups is 2. The van der Waals surface area contributed by atoms with Gasteiger partial charge in [-0.15, -0.1) is 0 Å².